The number of pyridine rings is 1. The fraction of sp³-hybridized carbons (Fsp3) is 0.174. The Balaban J connectivity index is 1.80. The summed E-state index contributed by atoms with van der Waals surface area (Å²) in [4.78, 5) is 4.89. The lowest BCUT2D eigenvalue weighted by Crippen LogP contribution is -2.03. The van der Waals surface area contributed by atoms with Gasteiger partial charge in [0.2, 0.25) is 0 Å². The van der Waals surface area contributed by atoms with Crippen LogP contribution < -0.4 is 14.8 Å². The molecule has 0 atom stereocenters. The van der Waals surface area contributed by atoms with Crippen molar-refractivity contribution in [1.82, 2.24) is 9.38 Å². The van der Waals surface area contributed by atoms with Gasteiger partial charge in [0.1, 0.15) is 17.2 Å². The van der Waals surface area contributed by atoms with Crippen LogP contribution in [0.15, 0.2) is 66.9 Å². The van der Waals surface area contributed by atoms with Crippen LogP contribution in [0.1, 0.15) is 11.1 Å². The van der Waals surface area contributed by atoms with Gasteiger partial charge in [-0.1, -0.05) is 30.3 Å². The maximum atomic E-state index is 5.48. The second-order valence-corrected chi connectivity index (χ2v) is 6.65. The first-order valence-electron chi connectivity index (χ1n) is 9.18. The number of hydrogen-bond donors (Lipinski definition) is 1. The number of aryl methyl sites for hydroxylation is 1. The zero-order valence-corrected chi connectivity index (χ0v) is 16.3. The van der Waals surface area contributed by atoms with Gasteiger partial charge < -0.3 is 14.8 Å². The largest absolute Gasteiger partial charge is 0.493 e. The minimum Gasteiger partial charge on any atom is -0.493 e. The highest BCUT2D eigenvalue weighted by atomic mass is 16.5. The smallest absolute Gasteiger partial charge is 0.161 e. The van der Waals surface area contributed by atoms with Crippen molar-refractivity contribution in [3.05, 3.63) is 78.0 Å². The number of aromatic nitrogens is 2. The van der Waals surface area contributed by atoms with Gasteiger partial charge in [0.15, 0.2) is 11.5 Å². The number of imidazole rings is 1. The van der Waals surface area contributed by atoms with Crippen LogP contribution in [0.2, 0.25) is 0 Å². The molecule has 0 unspecified atom stereocenters. The summed E-state index contributed by atoms with van der Waals surface area (Å²) in [5.41, 5.74) is 5.13. The van der Waals surface area contributed by atoms with Gasteiger partial charge in [-0.15, -0.1) is 0 Å². The molecule has 0 amide bonds. The van der Waals surface area contributed by atoms with Crippen molar-refractivity contribution in [2.24, 2.45) is 0 Å². The summed E-state index contributed by atoms with van der Waals surface area (Å²) in [5, 5.41) is 3.56. The molecule has 4 aromatic rings. The zero-order valence-electron chi connectivity index (χ0n) is 16.3. The van der Waals surface area contributed by atoms with Gasteiger partial charge in [0.25, 0.3) is 0 Å². The molecule has 1 N–H and O–H groups in total. The van der Waals surface area contributed by atoms with E-state index in [0.29, 0.717) is 18.0 Å². The van der Waals surface area contributed by atoms with E-state index < -0.39 is 0 Å². The van der Waals surface area contributed by atoms with E-state index in [2.05, 4.69) is 47.1 Å². The van der Waals surface area contributed by atoms with Crippen LogP contribution in [-0.2, 0) is 6.54 Å². The lowest BCUT2D eigenvalue weighted by atomic mass is 10.1. The molecule has 0 aliphatic heterocycles. The van der Waals surface area contributed by atoms with Crippen LogP contribution >= 0.6 is 0 Å². The van der Waals surface area contributed by atoms with Gasteiger partial charge in [0, 0.05) is 18.3 Å². The number of methoxy groups -OCH3 is 2. The number of benzene rings is 2. The van der Waals surface area contributed by atoms with Gasteiger partial charge in [-0.05, 0) is 48.4 Å². The van der Waals surface area contributed by atoms with Gasteiger partial charge in [-0.2, -0.15) is 0 Å². The van der Waals surface area contributed by atoms with Crippen molar-refractivity contribution < 1.29 is 9.47 Å². The zero-order chi connectivity index (χ0) is 19.5. The summed E-state index contributed by atoms with van der Waals surface area (Å²) >= 11 is 0. The highest BCUT2D eigenvalue weighted by Crippen LogP contribution is 2.35. The van der Waals surface area contributed by atoms with Crippen LogP contribution in [0.3, 0.4) is 0 Å². The number of fused-ring (bicyclic) bond motifs is 1. The predicted octanol–water partition coefficient (Wildman–Crippen LogP) is 4.94. The number of nitrogens with one attached hydrogen (secondary N) is 1. The number of rotatable bonds is 6. The highest BCUT2D eigenvalue weighted by molar-refractivity contribution is 5.78. The van der Waals surface area contributed by atoms with Crippen LogP contribution in [0.4, 0.5) is 5.82 Å². The molecule has 5 heteroatoms. The predicted molar refractivity (Wildman–Crippen MR) is 112 cm³/mol. The first-order chi connectivity index (χ1) is 13.7. The molecule has 2 aromatic carbocycles. The normalized spacial score (nSPS) is 10.8. The Morgan fingerprint density at radius 3 is 2.46 bits per heavy atom. The van der Waals surface area contributed by atoms with Gasteiger partial charge in [-0.3, -0.25) is 4.40 Å². The van der Waals surface area contributed by atoms with E-state index in [1.807, 2.05) is 36.4 Å². The van der Waals surface area contributed by atoms with Crippen LogP contribution in [0.5, 0.6) is 11.5 Å². The summed E-state index contributed by atoms with van der Waals surface area (Å²) in [6, 6.07) is 20.4. The SMILES string of the molecule is COc1ccc(-c2nc3cc(C)ccn3c2NCc2ccccc2)cc1OC. The van der Waals surface area contributed by atoms with Gasteiger partial charge >= 0.3 is 0 Å². The number of ether oxygens (including phenoxy) is 2. The maximum Gasteiger partial charge on any atom is 0.161 e. The summed E-state index contributed by atoms with van der Waals surface area (Å²) in [6.07, 6.45) is 2.05. The molecule has 0 spiro atoms. The molecule has 0 aliphatic carbocycles. The summed E-state index contributed by atoms with van der Waals surface area (Å²) in [5.74, 6) is 2.33. The molecule has 142 valence electrons. The average Bonchev–Trinajstić information content (AvgIpc) is 3.09. The molecule has 0 fully saturated rings. The van der Waals surface area contributed by atoms with E-state index in [0.717, 1.165) is 22.7 Å². The van der Waals surface area contributed by atoms with E-state index in [9.17, 15) is 0 Å². The molecule has 0 saturated carbocycles. The lowest BCUT2D eigenvalue weighted by Gasteiger charge is -2.11. The number of anilines is 1. The molecule has 0 aliphatic rings. The Hall–Kier alpha value is -3.47. The maximum absolute atomic E-state index is 5.48. The molecule has 0 bridgehead atoms. The van der Waals surface area contributed by atoms with Crippen molar-refractivity contribution in [3.8, 4) is 22.8 Å². The number of hydrogen-bond acceptors (Lipinski definition) is 4. The third-order valence-corrected chi connectivity index (χ3v) is 4.74. The Kier molecular flexibility index (Phi) is 4.89. The quantitative estimate of drug-likeness (QED) is 0.520. The lowest BCUT2D eigenvalue weighted by molar-refractivity contribution is 0.355. The highest BCUT2D eigenvalue weighted by Gasteiger charge is 2.16. The molecule has 5 nitrogen and oxygen atoms in total. The molecule has 4 rings (SSSR count). The third-order valence-electron chi connectivity index (χ3n) is 4.74. The molecule has 0 saturated heterocycles. The van der Waals surface area contributed by atoms with E-state index >= 15 is 0 Å². The second kappa shape index (κ2) is 7.64. The van der Waals surface area contributed by atoms with Crippen LogP contribution in [-0.4, -0.2) is 23.6 Å². The van der Waals surface area contributed by atoms with Gasteiger partial charge in [-0.25, -0.2) is 4.98 Å². The summed E-state index contributed by atoms with van der Waals surface area (Å²) in [6.45, 7) is 2.78. The molecule has 2 aromatic heterocycles. The minimum absolute atomic E-state index is 0.683. The Bertz CT molecular complexity index is 1100. The van der Waals surface area contributed by atoms with Crippen molar-refractivity contribution in [2.75, 3.05) is 19.5 Å². The molecule has 2 heterocycles. The Morgan fingerprint density at radius 2 is 1.71 bits per heavy atom. The van der Waals surface area contributed by atoms with Crippen LogP contribution in [0.25, 0.3) is 16.9 Å². The Morgan fingerprint density at radius 1 is 0.929 bits per heavy atom. The molecule has 0 radical (unpaired) electrons. The standard InChI is InChI=1S/C23H23N3O2/c1-16-11-12-26-21(13-16)25-22(18-9-10-19(27-2)20(14-18)28-3)23(26)24-15-17-7-5-4-6-8-17/h4-14,24H,15H2,1-3H3. The summed E-state index contributed by atoms with van der Waals surface area (Å²) in [7, 11) is 3.28. The van der Waals surface area contributed by atoms with Gasteiger partial charge in [0.05, 0.1) is 14.2 Å². The first-order valence-corrected chi connectivity index (χ1v) is 9.18. The molecule has 28 heavy (non-hydrogen) atoms. The topological polar surface area (TPSA) is 47.8 Å². The van der Waals surface area contributed by atoms with Crippen LogP contribution in [0, 0.1) is 6.92 Å². The van der Waals surface area contributed by atoms with Crippen molar-refractivity contribution in [2.45, 2.75) is 13.5 Å². The second-order valence-electron chi connectivity index (χ2n) is 6.65. The van der Waals surface area contributed by atoms with Crippen molar-refractivity contribution in [3.63, 3.8) is 0 Å². The fourth-order valence-electron chi connectivity index (χ4n) is 3.28. The fourth-order valence-corrected chi connectivity index (χ4v) is 3.28. The minimum atomic E-state index is 0.683. The van der Waals surface area contributed by atoms with E-state index in [1.165, 1.54) is 11.1 Å². The third kappa shape index (κ3) is 3.39. The van der Waals surface area contributed by atoms with E-state index in [4.69, 9.17) is 14.5 Å². The number of nitrogens with zero attached hydrogens (tertiary/aromatic N) is 2. The van der Waals surface area contributed by atoms with Crippen molar-refractivity contribution in [1.29, 1.82) is 0 Å². The molecular formula is C23H23N3O2. The average molecular weight is 373 g/mol. The first kappa shape index (κ1) is 17.9. The molecular weight excluding hydrogens is 350 g/mol. The van der Waals surface area contributed by atoms with E-state index in [1.54, 1.807) is 14.2 Å². The summed E-state index contributed by atoms with van der Waals surface area (Å²) < 4.78 is 12.9. The monoisotopic (exact) mass is 373 g/mol. The Labute approximate surface area is 164 Å². The van der Waals surface area contributed by atoms with E-state index in [-0.39, 0.29) is 0 Å². The van der Waals surface area contributed by atoms with Crippen molar-refractivity contribution >= 4 is 11.5 Å².